The Morgan fingerprint density at radius 2 is 1.72 bits per heavy atom. The summed E-state index contributed by atoms with van der Waals surface area (Å²) in [5.74, 6) is -0.608. The third-order valence-electron chi connectivity index (χ3n) is 2.18. The van der Waals surface area contributed by atoms with Gasteiger partial charge in [-0.3, -0.25) is 0 Å². The zero-order valence-electron chi connectivity index (χ0n) is 9.63. The summed E-state index contributed by atoms with van der Waals surface area (Å²) in [6.07, 6.45) is -4.29. The van der Waals surface area contributed by atoms with Crippen molar-refractivity contribution in [2.75, 3.05) is 0 Å². The van der Waals surface area contributed by atoms with Crippen molar-refractivity contribution in [3.05, 3.63) is 35.6 Å². The maximum Gasteiger partial charge on any atom is 0.405 e. The van der Waals surface area contributed by atoms with E-state index in [1.54, 1.807) is 6.07 Å². The van der Waals surface area contributed by atoms with E-state index in [-0.39, 0.29) is 5.56 Å². The molecule has 1 aromatic carbocycles. The fourth-order valence-electron chi connectivity index (χ4n) is 1.49. The van der Waals surface area contributed by atoms with Crippen molar-refractivity contribution in [2.24, 2.45) is 11.5 Å². The lowest BCUT2D eigenvalue weighted by atomic mass is 10.0. The normalized spacial score (nSPS) is 13.4. The van der Waals surface area contributed by atoms with Crippen LogP contribution in [0.25, 0.3) is 0 Å². The van der Waals surface area contributed by atoms with E-state index in [0.717, 1.165) is 0 Å². The van der Waals surface area contributed by atoms with E-state index in [1.165, 1.54) is 25.1 Å². The zero-order valence-corrected chi connectivity index (χ0v) is 9.63. The average molecular weight is 256 g/mol. The highest BCUT2D eigenvalue weighted by atomic mass is 19.1. The van der Waals surface area contributed by atoms with Crippen molar-refractivity contribution in [1.29, 1.82) is 0 Å². The first-order valence-electron chi connectivity index (χ1n) is 5.08. The number of rotatable bonds is 4. The quantitative estimate of drug-likeness (QED) is 0.850. The number of hydrogen-bond donors (Lipinski definition) is 2. The Kier molecular flexibility index (Phi) is 4.47. The smallest absolute Gasteiger partial charge is 0.405 e. The molecule has 0 unspecified atom stereocenters. The van der Waals surface area contributed by atoms with Gasteiger partial charge in [-0.2, -0.15) is 0 Å². The Hall–Kier alpha value is -2.31. The van der Waals surface area contributed by atoms with Crippen LogP contribution in [0.15, 0.2) is 24.3 Å². The molecule has 2 atom stereocenters. The van der Waals surface area contributed by atoms with Gasteiger partial charge in [0, 0.05) is 5.56 Å². The molecule has 2 amide bonds. The molecule has 0 saturated carbocycles. The second-order valence-corrected chi connectivity index (χ2v) is 3.52. The molecular formula is C11H13FN2O4. The van der Waals surface area contributed by atoms with Crippen LogP contribution in [0.2, 0.25) is 0 Å². The van der Waals surface area contributed by atoms with Crippen LogP contribution in [-0.2, 0) is 9.47 Å². The third kappa shape index (κ3) is 3.62. The molecule has 0 aromatic heterocycles. The Bertz CT molecular complexity index is 452. The van der Waals surface area contributed by atoms with Crippen molar-refractivity contribution in [2.45, 2.75) is 19.1 Å². The highest BCUT2D eigenvalue weighted by molar-refractivity contribution is 5.66. The molecule has 0 aliphatic rings. The maximum absolute atomic E-state index is 13.6. The van der Waals surface area contributed by atoms with Gasteiger partial charge in [0.25, 0.3) is 0 Å². The lowest BCUT2D eigenvalue weighted by Crippen LogP contribution is -2.31. The Morgan fingerprint density at radius 3 is 2.22 bits per heavy atom. The lowest BCUT2D eigenvalue weighted by Gasteiger charge is -2.23. The van der Waals surface area contributed by atoms with Crippen molar-refractivity contribution >= 4 is 12.2 Å². The van der Waals surface area contributed by atoms with Gasteiger partial charge in [-0.15, -0.1) is 0 Å². The molecule has 0 heterocycles. The van der Waals surface area contributed by atoms with Gasteiger partial charge in [0.05, 0.1) is 0 Å². The van der Waals surface area contributed by atoms with Gasteiger partial charge in [0.1, 0.15) is 11.9 Å². The molecule has 0 aliphatic heterocycles. The largest absolute Gasteiger partial charge is 0.442 e. The minimum Gasteiger partial charge on any atom is -0.442 e. The summed E-state index contributed by atoms with van der Waals surface area (Å²) in [6.45, 7) is 1.41. The van der Waals surface area contributed by atoms with Crippen LogP contribution in [0.4, 0.5) is 14.0 Å². The molecule has 18 heavy (non-hydrogen) atoms. The van der Waals surface area contributed by atoms with E-state index >= 15 is 0 Å². The standard InChI is InChI=1S/C11H13FN2O4/c1-6(17-10(13)15)9(18-11(14)16)7-4-2-3-5-8(7)12/h2-6,9H,1H3,(H2,13,15)(H2,14,16)/t6-,9+/m1/s1. The molecule has 4 N–H and O–H groups in total. The van der Waals surface area contributed by atoms with Crippen LogP contribution in [-0.4, -0.2) is 18.3 Å². The predicted octanol–water partition coefficient (Wildman–Crippen LogP) is 1.45. The number of amides is 2. The predicted molar refractivity (Wildman–Crippen MR) is 59.9 cm³/mol. The Labute approximate surface area is 103 Å². The van der Waals surface area contributed by atoms with E-state index < -0.39 is 30.2 Å². The van der Waals surface area contributed by atoms with E-state index in [9.17, 15) is 14.0 Å². The van der Waals surface area contributed by atoms with Gasteiger partial charge in [-0.1, -0.05) is 18.2 Å². The molecule has 6 nitrogen and oxygen atoms in total. The second-order valence-electron chi connectivity index (χ2n) is 3.52. The van der Waals surface area contributed by atoms with Crippen LogP contribution in [0.5, 0.6) is 0 Å². The SMILES string of the molecule is C[C@@H](OC(N)=O)[C@H](OC(N)=O)c1ccccc1F. The summed E-state index contributed by atoms with van der Waals surface area (Å²) in [7, 11) is 0. The Morgan fingerprint density at radius 1 is 1.17 bits per heavy atom. The number of nitrogens with two attached hydrogens (primary N) is 2. The molecule has 0 spiro atoms. The van der Waals surface area contributed by atoms with Crippen LogP contribution >= 0.6 is 0 Å². The summed E-state index contributed by atoms with van der Waals surface area (Å²) in [5, 5.41) is 0. The molecule has 0 radical (unpaired) electrons. The molecule has 1 aromatic rings. The average Bonchev–Trinajstić information content (AvgIpc) is 2.25. The fourth-order valence-corrected chi connectivity index (χ4v) is 1.49. The molecule has 1 rings (SSSR count). The second kappa shape index (κ2) is 5.85. The van der Waals surface area contributed by atoms with Gasteiger partial charge >= 0.3 is 12.2 Å². The van der Waals surface area contributed by atoms with Crippen LogP contribution < -0.4 is 11.5 Å². The number of carbonyl (C=O) groups excluding carboxylic acids is 2. The molecule has 98 valence electrons. The summed E-state index contributed by atoms with van der Waals surface area (Å²) in [6, 6.07) is 5.60. The zero-order chi connectivity index (χ0) is 13.7. The van der Waals surface area contributed by atoms with Crippen LogP contribution in [0, 0.1) is 5.82 Å². The van der Waals surface area contributed by atoms with Gasteiger partial charge < -0.3 is 20.9 Å². The van der Waals surface area contributed by atoms with Crippen molar-refractivity contribution in [3.63, 3.8) is 0 Å². The highest BCUT2D eigenvalue weighted by Gasteiger charge is 2.27. The third-order valence-corrected chi connectivity index (χ3v) is 2.18. The summed E-state index contributed by atoms with van der Waals surface area (Å²) in [5.41, 5.74) is 9.79. The number of benzene rings is 1. The lowest BCUT2D eigenvalue weighted by molar-refractivity contribution is 0.00254. The van der Waals surface area contributed by atoms with E-state index in [1.807, 2.05) is 0 Å². The number of primary amides is 2. The van der Waals surface area contributed by atoms with E-state index in [0.29, 0.717) is 0 Å². The van der Waals surface area contributed by atoms with Crippen molar-refractivity contribution in [1.82, 2.24) is 0 Å². The molecule has 7 heteroatoms. The number of carbonyl (C=O) groups is 2. The minimum atomic E-state index is -1.16. The fraction of sp³-hybridized carbons (Fsp3) is 0.273. The first kappa shape index (κ1) is 13.8. The number of halogens is 1. The summed E-state index contributed by atoms with van der Waals surface area (Å²) in [4.78, 5) is 21.4. The molecule has 0 fully saturated rings. The topological polar surface area (TPSA) is 105 Å². The minimum absolute atomic E-state index is 0.0463. The molecule has 0 bridgehead atoms. The van der Waals surface area contributed by atoms with Crippen LogP contribution in [0.3, 0.4) is 0 Å². The van der Waals surface area contributed by atoms with Gasteiger partial charge in [-0.05, 0) is 13.0 Å². The molecule has 0 aliphatic carbocycles. The Balaban J connectivity index is 3.01. The number of ether oxygens (including phenoxy) is 2. The summed E-state index contributed by atoms with van der Waals surface area (Å²) < 4.78 is 23.0. The first-order valence-corrected chi connectivity index (χ1v) is 5.08. The van der Waals surface area contributed by atoms with Crippen molar-refractivity contribution < 1.29 is 23.5 Å². The monoisotopic (exact) mass is 256 g/mol. The van der Waals surface area contributed by atoms with Crippen molar-refractivity contribution in [3.8, 4) is 0 Å². The summed E-state index contributed by atoms with van der Waals surface area (Å²) >= 11 is 0. The highest BCUT2D eigenvalue weighted by Crippen LogP contribution is 2.25. The number of hydrogen-bond acceptors (Lipinski definition) is 4. The molecular weight excluding hydrogens is 243 g/mol. The van der Waals surface area contributed by atoms with Gasteiger partial charge in [-0.25, -0.2) is 14.0 Å². The van der Waals surface area contributed by atoms with Gasteiger partial charge in [0.2, 0.25) is 0 Å². The van der Waals surface area contributed by atoms with E-state index in [4.69, 9.17) is 16.2 Å². The van der Waals surface area contributed by atoms with Crippen LogP contribution in [0.1, 0.15) is 18.6 Å². The maximum atomic E-state index is 13.6. The van der Waals surface area contributed by atoms with E-state index in [2.05, 4.69) is 4.74 Å². The first-order chi connectivity index (χ1) is 8.41. The molecule has 0 saturated heterocycles. The van der Waals surface area contributed by atoms with Gasteiger partial charge in [0.15, 0.2) is 6.10 Å².